The van der Waals surface area contributed by atoms with Gasteiger partial charge in [0.1, 0.15) is 11.6 Å². The van der Waals surface area contributed by atoms with E-state index in [0.717, 1.165) is 18.9 Å². The Bertz CT molecular complexity index is 404. The fourth-order valence-electron chi connectivity index (χ4n) is 1.54. The van der Waals surface area contributed by atoms with E-state index in [1.54, 1.807) is 0 Å². The van der Waals surface area contributed by atoms with E-state index < -0.39 is 4.92 Å². The van der Waals surface area contributed by atoms with Crippen LogP contribution in [0.1, 0.15) is 19.3 Å². The van der Waals surface area contributed by atoms with Gasteiger partial charge in [0.15, 0.2) is 0 Å². The first-order valence-corrected chi connectivity index (χ1v) is 5.31. The number of hydrogen-bond acceptors (Lipinski definition) is 5. The van der Waals surface area contributed by atoms with Crippen molar-refractivity contribution in [2.75, 3.05) is 17.6 Å². The minimum atomic E-state index is -0.468. The number of nitrogen functional groups attached to an aromatic ring is 1. The van der Waals surface area contributed by atoms with Crippen molar-refractivity contribution >= 4 is 17.3 Å². The zero-order valence-electron chi connectivity index (χ0n) is 8.85. The van der Waals surface area contributed by atoms with Gasteiger partial charge in [0.2, 0.25) is 0 Å². The molecule has 3 N–H and O–H groups in total. The van der Waals surface area contributed by atoms with Crippen molar-refractivity contribution in [2.24, 2.45) is 5.92 Å². The lowest BCUT2D eigenvalue weighted by molar-refractivity contribution is -0.384. The molecular weight excluding hydrogens is 208 g/mol. The zero-order chi connectivity index (χ0) is 11.5. The highest BCUT2D eigenvalue weighted by Crippen LogP contribution is 2.32. The Morgan fingerprint density at radius 2 is 2.31 bits per heavy atom. The first-order valence-electron chi connectivity index (χ1n) is 5.31. The van der Waals surface area contributed by atoms with Gasteiger partial charge >= 0.3 is 0 Å². The Balaban J connectivity index is 1.98. The Kier molecular flexibility index (Phi) is 2.89. The summed E-state index contributed by atoms with van der Waals surface area (Å²) in [5.41, 5.74) is 5.46. The largest absolute Gasteiger partial charge is 0.383 e. The fraction of sp³-hybridized carbons (Fsp3) is 0.500. The minimum Gasteiger partial charge on any atom is -0.383 e. The lowest BCUT2D eigenvalue weighted by Crippen LogP contribution is -2.06. The van der Waals surface area contributed by atoms with Crippen LogP contribution in [0.15, 0.2) is 12.1 Å². The standard InChI is InChI=1S/C10H14N4O2/c11-9-5-8(14(15)16)6-10(13-9)12-4-3-7-1-2-7/h5-7H,1-4H2,(H3,11,12,13). The van der Waals surface area contributed by atoms with Crippen molar-refractivity contribution in [1.82, 2.24) is 4.98 Å². The minimum absolute atomic E-state index is 0.0265. The molecule has 2 rings (SSSR count). The molecule has 0 bridgehead atoms. The Morgan fingerprint density at radius 1 is 1.56 bits per heavy atom. The molecular formula is C10H14N4O2. The molecule has 0 atom stereocenters. The average Bonchev–Trinajstić information content (AvgIpc) is 3.01. The van der Waals surface area contributed by atoms with Gasteiger partial charge in [-0.25, -0.2) is 4.98 Å². The summed E-state index contributed by atoms with van der Waals surface area (Å²) in [7, 11) is 0. The van der Waals surface area contributed by atoms with Crippen LogP contribution in [0.4, 0.5) is 17.3 Å². The number of nitro groups is 1. The van der Waals surface area contributed by atoms with Gasteiger partial charge in [0, 0.05) is 6.54 Å². The monoisotopic (exact) mass is 222 g/mol. The van der Waals surface area contributed by atoms with Crippen LogP contribution in [0.5, 0.6) is 0 Å². The smallest absolute Gasteiger partial charge is 0.276 e. The molecule has 0 aliphatic heterocycles. The maximum Gasteiger partial charge on any atom is 0.276 e. The van der Waals surface area contributed by atoms with Gasteiger partial charge < -0.3 is 11.1 Å². The maximum atomic E-state index is 10.6. The SMILES string of the molecule is Nc1cc([N+](=O)[O-])cc(NCCC2CC2)n1. The van der Waals surface area contributed by atoms with Crippen LogP contribution < -0.4 is 11.1 Å². The molecule has 1 aliphatic carbocycles. The number of pyridine rings is 1. The van der Waals surface area contributed by atoms with E-state index in [2.05, 4.69) is 10.3 Å². The van der Waals surface area contributed by atoms with Crippen LogP contribution in [0.2, 0.25) is 0 Å². The molecule has 1 aromatic rings. The molecule has 1 heterocycles. The zero-order valence-corrected chi connectivity index (χ0v) is 8.85. The van der Waals surface area contributed by atoms with E-state index in [4.69, 9.17) is 5.73 Å². The predicted molar refractivity (Wildman–Crippen MR) is 61.1 cm³/mol. The van der Waals surface area contributed by atoms with Crippen molar-refractivity contribution in [3.05, 3.63) is 22.2 Å². The third-order valence-electron chi connectivity index (χ3n) is 2.60. The Labute approximate surface area is 93.0 Å². The lowest BCUT2D eigenvalue weighted by atomic mass is 10.3. The molecule has 0 aromatic carbocycles. The highest BCUT2D eigenvalue weighted by atomic mass is 16.6. The van der Waals surface area contributed by atoms with E-state index in [9.17, 15) is 10.1 Å². The molecule has 16 heavy (non-hydrogen) atoms. The molecule has 1 aromatic heterocycles. The molecule has 1 saturated carbocycles. The molecule has 0 spiro atoms. The fourth-order valence-corrected chi connectivity index (χ4v) is 1.54. The number of nitrogens with two attached hydrogens (primary N) is 1. The number of anilines is 2. The first-order chi connectivity index (χ1) is 7.65. The molecule has 6 nitrogen and oxygen atoms in total. The summed E-state index contributed by atoms with van der Waals surface area (Å²) in [5.74, 6) is 1.47. The van der Waals surface area contributed by atoms with E-state index in [-0.39, 0.29) is 11.5 Å². The predicted octanol–water partition coefficient (Wildman–Crippen LogP) is 1.78. The van der Waals surface area contributed by atoms with Crippen LogP contribution in [0.3, 0.4) is 0 Å². The topological polar surface area (TPSA) is 94.1 Å². The summed E-state index contributed by atoms with van der Waals surface area (Å²) in [6.45, 7) is 0.790. The van der Waals surface area contributed by atoms with E-state index in [1.165, 1.54) is 25.0 Å². The van der Waals surface area contributed by atoms with Crippen molar-refractivity contribution in [2.45, 2.75) is 19.3 Å². The van der Waals surface area contributed by atoms with Crippen molar-refractivity contribution in [3.8, 4) is 0 Å². The highest BCUT2D eigenvalue weighted by Gasteiger charge is 2.20. The van der Waals surface area contributed by atoms with Gasteiger partial charge in [-0.3, -0.25) is 10.1 Å². The Hall–Kier alpha value is -1.85. The maximum absolute atomic E-state index is 10.6. The summed E-state index contributed by atoms with van der Waals surface area (Å²) in [5, 5.41) is 13.6. The second-order valence-corrected chi connectivity index (χ2v) is 4.05. The third-order valence-corrected chi connectivity index (χ3v) is 2.60. The second kappa shape index (κ2) is 4.34. The van der Waals surface area contributed by atoms with Crippen LogP contribution in [-0.2, 0) is 0 Å². The second-order valence-electron chi connectivity index (χ2n) is 4.05. The van der Waals surface area contributed by atoms with Crippen molar-refractivity contribution < 1.29 is 4.92 Å². The van der Waals surface area contributed by atoms with Crippen LogP contribution >= 0.6 is 0 Å². The van der Waals surface area contributed by atoms with Gasteiger partial charge in [0.05, 0.1) is 17.1 Å². The van der Waals surface area contributed by atoms with E-state index >= 15 is 0 Å². The molecule has 6 heteroatoms. The summed E-state index contributed by atoms with van der Waals surface area (Å²) < 4.78 is 0. The third kappa shape index (κ3) is 2.82. The molecule has 0 amide bonds. The number of aromatic nitrogens is 1. The van der Waals surface area contributed by atoms with Crippen LogP contribution in [0, 0.1) is 16.0 Å². The van der Waals surface area contributed by atoms with Gasteiger partial charge in [-0.1, -0.05) is 12.8 Å². The van der Waals surface area contributed by atoms with Crippen molar-refractivity contribution in [1.29, 1.82) is 0 Å². The van der Waals surface area contributed by atoms with Gasteiger partial charge in [0.25, 0.3) is 5.69 Å². The van der Waals surface area contributed by atoms with Crippen molar-refractivity contribution in [3.63, 3.8) is 0 Å². The quantitative estimate of drug-likeness (QED) is 0.585. The summed E-state index contributed by atoms with van der Waals surface area (Å²) >= 11 is 0. The van der Waals surface area contributed by atoms with E-state index in [0.29, 0.717) is 5.82 Å². The van der Waals surface area contributed by atoms with Crippen LogP contribution in [-0.4, -0.2) is 16.5 Å². The number of nitrogens with one attached hydrogen (secondary N) is 1. The number of hydrogen-bond donors (Lipinski definition) is 2. The molecule has 0 radical (unpaired) electrons. The average molecular weight is 222 g/mol. The normalized spacial score (nSPS) is 14.8. The number of rotatable bonds is 5. The Morgan fingerprint density at radius 3 is 2.94 bits per heavy atom. The molecule has 1 fully saturated rings. The van der Waals surface area contributed by atoms with Gasteiger partial charge in [-0.15, -0.1) is 0 Å². The highest BCUT2D eigenvalue weighted by molar-refractivity contribution is 5.52. The number of nitrogens with zero attached hydrogens (tertiary/aromatic N) is 2. The molecule has 86 valence electrons. The molecule has 1 aliphatic rings. The summed E-state index contributed by atoms with van der Waals surface area (Å²) in [6.07, 6.45) is 3.68. The van der Waals surface area contributed by atoms with E-state index in [1.807, 2.05) is 0 Å². The summed E-state index contributed by atoms with van der Waals surface area (Å²) in [4.78, 5) is 14.1. The molecule has 0 unspecified atom stereocenters. The van der Waals surface area contributed by atoms with Gasteiger partial charge in [-0.2, -0.15) is 0 Å². The lowest BCUT2D eigenvalue weighted by Gasteiger charge is -2.05. The summed E-state index contributed by atoms with van der Waals surface area (Å²) in [6, 6.07) is 2.66. The van der Waals surface area contributed by atoms with Crippen LogP contribution in [0.25, 0.3) is 0 Å². The first kappa shape index (κ1) is 10.7. The molecule has 0 saturated heterocycles. The van der Waals surface area contributed by atoms with Gasteiger partial charge in [-0.05, 0) is 12.3 Å².